The molecule has 1 fully saturated rings. The van der Waals surface area contributed by atoms with Crippen LogP contribution in [0.3, 0.4) is 0 Å². The smallest absolute Gasteiger partial charge is 0.267 e. The summed E-state index contributed by atoms with van der Waals surface area (Å²) in [6.07, 6.45) is 2.17. The summed E-state index contributed by atoms with van der Waals surface area (Å²) in [6, 6.07) is 1.60. The molecule has 0 N–H and O–H groups in total. The molecule has 0 aromatic carbocycles. The zero-order valence-corrected chi connectivity index (χ0v) is 16.8. The summed E-state index contributed by atoms with van der Waals surface area (Å²) in [4.78, 5) is 17.7. The molecule has 8 nitrogen and oxygen atoms in total. The van der Waals surface area contributed by atoms with Gasteiger partial charge in [-0.05, 0) is 38.6 Å². The minimum absolute atomic E-state index is 0.114. The normalized spacial score (nSPS) is 19.4. The van der Waals surface area contributed by atoms with E-state index >= 15 is 0 Å². The minimum atomic E-state index is -2.99. The van der Waals surface area contributed by atoms with E-state index in [1.165, 1.54) is 16.0 Å². The van der Waals surface area contributed by atoms with Crippen LogP contribution in [0.4, 0.5) is 0 Å². The van der Waals surface area contributed by atoms with Crippen molar-refractivity contribution >= 4 is 37.6 Å². The monoisotopic (exact) mass is 405 g/mol. The quantitative estimate of drug-likeness (QED) is 0.619. The Kier molecular flexibility index (Phi) is 4.26. The second-order valence-corrected chi connectivity index (χ2v) is 9.87. The third-order valence-corrected chi connectivity index (χ3v) is 7.43. The summed E-state index contributed by atoms with van der Waals surface area (Å²) in [5.74, 6) is 0.819. The first-order valence-corrected chi connectivity index (χ1v) is 11.2. The highest BCUT2D eigenvalue weighted by atomic mass is 32.2. The van der Waals surface area contributed by atoms with Crippen LogP contribution in [0.2, 0.25) is 0 Å². The van der Waals surface area contributed by atoms with Crippen molar-refractivity contribution in [2.24, 2.45) is 5.10 Å². The first-order valence-electron chi connectivity index (χ1n) is 8.54. The molecular formula is C17H19N5O3S2. The SMILES string of the molecule is Cc1nn([C@@H]2CCS(=O)(=O)C2)c(C)c1/C=N\n1c(C)nc2sccc2c1=O. The molecule has 0 aliphatic carbocycles. The summed E-state index contributed by atoms with van der Waals surface area (Å²) >= 11 is 1.42. The number of rotatable bonds is 3. The van der Waals surface area contributed by atoms with Gasteiger partial charge in [0.05, 0.1) is 34.8 Å². The molecule has 1 aliphatic rings. The Morgan fingerprint density at radius 2 is 2.11 bits per heavy atom. The van der Waals surface area contributed by atoms with Crippen LogP contribution in [-0.2, 0) is 9.84 Å². The van der Waals surface area contributed by atoms with Gasteiger partial charge in [-0.1, -0.05) is 0 Å². The highest BCUT2D eigenvalue weighted by Gasteiger charge is 2.31. The maximum atomic E-state index is 12.6. The summed E-state index contributed by atoms with van der Waals surface area (Å²) in [6.45, 7) is 5.48. The van der Waals surface area contributed by atoms with E-state index in [1.807, 2.05) is 19.2 Å². The fourth-order valence-electron chi connectivity index (χ4n) is 3.44. The first-order chi connectivity index (χ1) is 12.8. The standard InChI is InChI=1S/C17H19N5O3S2/c1-10-15(11(2)21(20-10)13-5-7-27(24,25)9-13)8-18-22-12(3)19-16-14(17(22)23)4-6-26-16/h4,6,8,13H,5,7,9H2,1-3H3/b18-8-/t13-/m1/s1. The molecule has 4 rings (SSSR count). The Labute approximate surface area is 160 Å². The third kappa shape index (κ3) is 3.12. The van der Waals surface area contributed by atoms with Gasteiger partial charge in [0.1, 0.15) is 10.7 Å². The van der Waals surface area contributed by atoms with Gasteiger partial charge in [-0.2, -0.15) is 14.9 Å². The maximum Gasteiger partial charge on any atom is 0.282 e. The van der Waals surface area contributed by atoms with Gasteiger partial charge in [0.25, 0.3) is 5.56 Å². The molecule has 1 atom stereocenters. The number of hydrogen-bond donors (Lipinski definition) is 0. The Hall–Kier alpha value is -2.33. The van der Waals surface area contributed by atoms with Crippen LogP contribution in [0.15, 0.2) is 21.3 Å². The second kappa shape index (κ2) is 6.38. The Balaban J connectivity index is 1.73. The molecule has 4 heterocycles. The summed E-state index contributed by atoms with van der Waals surface area (Å²) in [5, 5.41) is 11.2. The van der Waals surface area contributed by atoms with Gasteiger partial charge in [-0.15, -0.1) is 11.3 Å². The second-order valence-electron chi connectivity index (χ2n) is 6.75. The molecule has 1 saturated heterocycles. The fourth-order valence-corrected chi connectivity index (χ4v) is 5.94. The van der Waals surface area contributed by atoms with E-state index in [9.17, 15) is 13.2 Å². The van der Waals surface area contributed by atoms with Gasteiger partial charge >= 0.3 is 0 Å². The van der Waals surface area contributed by atoms with Crippen molar-refractivity contribution in [3.8, 4) is 0 Å². The van der Waals surface area contributed by atoms with E-state index in [-0.39, 0.29) is 23.1 Å². The van der Waals surface area contributed by atoms with Crippen molar-refractivity contribution < 1.29 is 8.42 Å². The van der Waals surface area contributed by atoms with Gasteiger partial charge in [0, 0.05) is 11.3 Å². The molecule has 0 bridgehead atoms. The van der Waals surface area contributed by atoms with Crippen molar-refractivity contribution in [2.75, 3.05) is 11.5 Å². The van der Waals surface area contributed by atoms with Crippen LogP contribution in [-0.4, -0.2) is 45.6 Å². The van der Waals surface area contributed by atoms with E-state index in [4.69, 9.17) is 0 Å². The summed E-state index contributed by atoms with van der Waals surface area (Å²) < 4.78 is 26.6. The molecule has 0 saturated carbocycles. The number of nitrogens with zero attached hydrogens (tertiary/aromatic N) is 5. The molecule has 10 heteroatoms. The average Bonchev–Trinajstić information content (AvgIpc) is 3.27. The number of sulfone groups is 1. The lowest BCUT2D eigenvalue weighted by Gasteiger charge is -2.10. The van der Waals surface area contributed by atoms with Crippen molar-refractivity contribution in [3.05, 3.63) is 44.6 Å². The minimum Gasteiger partial charge on any atom is -0.267 e. The van der Waals surface area contributed by atoms with E-state index in [0.717, 1.165) is 17.0 Å². The predicted octanol–water partition coefficient (Wildman–Crippen LogP) is 1.82. The van der Waals surface area contributed by atoms with Crippen LogP contribution in [0.5, 0.6) is 0 Å². The molecule has 0 spiro atoms. The largest absolute Gasteiger partial charge is 0.282 e. The number of thiophene rings is 1. The van der Waals surface area contributed by atoms with Crippen molar-refractivity contribution in [1.29, 1.82) is 0 Å². The van der Waals surface area contributed by atoms with Crippen LogP contribution in [0.1, 0.15) is 35.2 Å². The van der Waals surface area contributed by atoms with E-state index in [0.29, 0.717) is 22.5 Å². The van der Waals surface area contributed by atoms with Crippen molar-refractivity contribution in [2.45, 2.75) is 33.2 Å². The Bertz CT molecular complexity index is 1230. The molecule has 0 amide bonds. The van der Waals surface area contributed by atoms with Crippen molar-refractivity contribution in [1.82, 2.24) is 19.4 Å². The van der Waals surface area contributed by atoms with Crippen LogP contribution in [0.25, 0.3) is 10.2 Å². The molecule has 3 aromatic rings. The zero-order chi connectivity index (χ0) is 19.3. The maximum absolute atomic E-state index is 12.6. The summed E-state index contributed by atoms with van der Waals surface area (Å²) in [5.41, 5.74) is 2.17. The van der Waals surface area contributed by atoms with Gasteiger partial charge in [-0.3, -0.25) is 9.48 Å². The van der Waals surface area contributed by atoms with E-state index in [1.54, 1.807) is 23.9 Å². The lowest BCUT2D eigenvalue weighted by Crippen LogP contribution is -2.20. The lowest BCUT2D eigenvalue weighted by molar-refractivity contribution is 0.486. The fraction of sp³-hybridized carbons (Fsp3) is 0.412. The number of aromatic nitrogens is 4. The predicted molar refractivity (Wildman–Crippen MR) is 106 cm³/mol. The number of aryl methyl sites for hydroxylation is 2. The van der Waals surface area contributed by atoms with E-state index in [2.05, 4.69) is 15.2 Å². The number of fused-ring (bicyclic) bond motifs is 1. The van der Waals surface area contributed by atoms with Crippen LogP contribution < -0.4 is 5.56 Å². The highest BCUT2D eigenvalue weighted by molar-refractivity contribution is 7.91. The molecule has 3 aromatic heterocycles. The molecule has 27 heavy (non-hydrogen) atoms. The number of hydrogen-bond acceptors (Lipinski definition) is 7. The molecule has 142 valence electrons. The molecule has 0 radical (unpaired) electrons. The van der Waals surface area contributed by atoms with E-state index < -0.39 is 9.84 Å². The third-order valence-electron chi connectivity index (χ3n) is 4.87. The molecule has 1 aliphatic heterocycles. The summed E-state index contributed by atoms with van der Waals surface area (Å²) in [7, 11) is -2.99. The first kappa shape index (κ1) is 18.1. The molecule has 0 unspecified atom stereocenters. The Morgan fingerprint density at radius 1 is 1.33 bits per heavy atom. The van der Waals surface area contributed by atoms with Gasteiger partial charge in [0.2, 0.25) is 0 Å². The lowest BCUT2D eigenvalue weighted by atomic mass is 10.2. The zero-order valence-electron chi connectivity index (χ0n) is 15.2. The Morgan fingerprint density at radius 3 is 2.81 bits per heavy atom. The highest BCUT2D eigenvalue weighted by Crippen LogP contribution is 2.26. The van der Waals surface area contributed by atoms with Crippen LogP contribution in [0, 0.1) is 20.8 Å². The van der Waals surface area contributed by atoms with Crippen LogP contribution >= 0.6 is 11.3 Å². The average molecular weight is 406 g/mol. The van der Waals surface area contributed by atoms with Gasteiger partial charge < -0.3 is 0 Å². The van der Waals surface area contributed by atoms with Crippen molar-refractivity contribution in [3.63, 3.8) is 0 Å². The molecular weight excluding hydrogens is 386 g/mol. The van der Waals surface area contributed by atoms with Gasteiger partial charge in [-0.25, -0.2) is 13.4 Å². The topological polar surface area (TPSA) is 99.2 Å². The van der Waals surface area contributed by atoms with Gasteiger partial charge in [0.15, 0.2) is 9.84 Å².